The number of carbonyl (C=O) groups is 1. The van der Waals surface area contributed by atoms with E-state index < -0.39 is 43.3 Å². The Balaban J connectivity index is 2.12. The average Bonchev–Trinajstić information content (AvgIpc) is 2.55. The summed E-state index contributed by atoms with van der Waals surface area (Å²) in [5.41, 5.74) is 0.0108. The molecule has 0 bridgehead atoms. The quantitative estimate of drug-likeness (QED) is 0.410. The van der Waals surface area contributed by atoms with Gasteiger partial charge in [0.05, 0.1) is 19.3 Å². The van der Waals surface area contributed by atoms with Crippen LogP contribution in [0.15, 0.2) is 18.2 Å². The van der Waals surface area contributed by atoms with Crippen molar-refractivity contribution in [3.05, 3.63) is 23.8 Å². The molecule has 9 heteroatoms. The van der Waals surface area contributed by atoms with Crippen molar-refractivity contribution in [1.29, 1.82) is 0 Å². The maximum absolute atomic E-state index is 12.1. The van der Waals surface area contributed by atoms with E-state index in [0.717, 1.165) is 0 Å². The molecule has 0 saturated carbocycles. The number of benzene rings is 1. The molecule has 1 aromatic rings. The summed E-state index contributed by atoms with van der Waals surface area (Å²) in [6.07, 6.45) is -7.62. The van der Waals surface area contributed by atoms with Gasteiger partial charge in [0.2, 0.25) is 6.29 Å². The Kier molecular flexibility index (Phi) is 5.39. The summed E-state index contributed by atoms with van der Waals surface area (Å²) in [5.74, 6) is -1.03. The van der Waals surface area contributed by atoms with Crippen molar-refractivity contribution in [1.82, 2.24) is 0 Å². The predicted molar refractivity (Wildman–Crippen MR) is 73.8 cm³/mol. The molecule has 1 saturated heterocycles. The second-order valence-electron chi connectivity index (χ2n) is 4.99. The zero-order valence-corrected chi connectivity index (χ0v) is 12.2. The predicted octanol–water partition coefficient (Wildman–Crippen LogP) is -1.64. The Morgan fingerprint density at radius 2 is 1.91 bits per heavy atom. The van der Waals surface area contributed by atoms with E-state index in [1.54, 1.807) is 0 Å². The van der Waals surface area contributed by atoms with Crippen molar-refractivity contribution in [3.8, 4) is 11.5 Å². The summed E-state index contributed by atoms with van der Waals surface area (Å²) in [6.45, 7) is -0.633. The molecule has 0 unspecified atom stereocenters. The van der Waals surface area contributed by atoms with E-state index in [9.17, 15) is 25.2 Å². The van der Waals surface area contributed by atoms with Crippen LogP contribution in [0.4, 0.5) is 0 Å². The zero-order chi connectivity index (χ0) is 17.1. The molecule has 1 heterocycles. The molecule has 2 rings (SSSR count). The normalized spacial score (nSPS) is 30.7. The Morgan fingerprint density at radius 3 is 2.52 bits per heavy atom. The van der Waals surface area contributed by atoms with Crippen LogP contribution < -0.4 is 4.74 Å². The highest BCUT2D eigenvalue weighted by molar-refractivity contribution is 5.90. The van der Waals surface area contributed by atoms with Crippen LogP contribution >= 0.6 is 0 Å². The van der Waals surface area contributed by atoms with Gasteiger partial charge in [-0.1, -0.05) is 0 Å². The van der Waals surface area contributed by atoms with E-state index in [4.69, 9.17) is 19.3 Å². The molecule has 0 radical (unpaired) electrons. The van der Waals surface area contributed by atoms with Gasteiger partial charge < -0.3 is 39.7 Å². The lowest BCUT2D eigenvalue weighted by Crippen LogP contribution is -2.59. The largest absolute Gasteiger partial charge is 0.504 e. The van der Waals surface area contributed by atoms with Crippen molar-refractivity contribution in [3.63, 3.8) is 0 Å². The molecule has 23 heavy (non-hydrogen) atoms. The third-order valence-electron chi connectivity index (χ3n) is 3.49. The molecule has 1 aliphatic rings. The van der Waals surface area contributed by atoms with Crippen LogP contribution in [0.25, 0.3) is 0 Å². The SMILES string of the molecule is COc1cc(C(=O)O[C@H]2O[C@@H](CO)[C@H](O)[C@@H](O)[C@@H]2O)ccc1O. The summed E-state index contributed by atoms with van der Waals surface area (Å²) in [6, 6.07) is 3.72. The first-order valence-electron chi connectivity index (χ1n) is 6.77. The van der Waals surface area contributed by atoms with Crippen molar-refractivity contribution in [2.24, 2.45) is 0 Å². The van der Waals surface area contributed by atoms with Crippen molar-refractivity contribution in [2.45, 2.75) is 30.7 Å². The fourth-order valence-electron chi connectivity index (χ4n) is 2.14. The summed E-state index contributed by atoms with van der Waals surface area (Å²) in [5, 5.41) is 47.6. The topological polar surface area (TPSA) is 146 Å². The monoisotopic (exact) mass is 330 g/mol. The summed E-state index contributed by atoms with van der Waals surface area (Å²) < 4.78 is 14.9. The minimum absolute atomic E-state index is 0.0108. The summed E-state index contributed by atoms with van der Waals surface area (Å²) in [7, 11) is 1.31. The molecule has 5 atom stereocenters. The van der Waals surface area contributed by atoms with E-state index in [2.05, 4.69) is 0 Å². The number of rotatable bonds is 4. The van der Waals surface area contributed by atoms with Crippen LogP contribution in [-0.4, -0.2) is 75.9 Å². The molecule has 0 aromatic heterocycles. The van der Waals surface area contributed by atoms with Gasteiger partial charge in [-0.25, -0.2) is 4.79 Å². The van der Waals surface area contributed by atoms with Gasteiger partial charge in [0, 0.05) is 0 Å². The lowest BCUT2D eigenvalue weighted by molar-refractivity contribution is -0.285. The number of methoxy groups -OCH3 is 1. The van der Waals surface area contributed by atoms with Crippen molar-refractivity contribution >= 4 is 5.97 Å². The Hall–Kier alpha value is -1.91. The lowest BCUT2D eigenvalue weighted by Gasteiger charge is -2.39. The Morgan fingerprint density at radius 1 is 1.22 bits per heavy atom. The first-order chi connectivity index (χ1) is 10.9. The highest BCUT2D eigenvalue weighted by Gasteiger charge is 2.45. The molecule has 1 aromatic carbocycles. The molecule has 0 aliphatic carbocycles. The highest BCUT2D eigenvalue weighted by Crippen LogP contribution is 2.28. The second-order valence-corrected chi connectivity index (χ2v) is 4.99. The van der Waals surface area contributed by atoms with E-state index in [0.29, 0.717) is 0 Å². The Bertz CT molecular complexity index is 559. The zero-order valence-electron chi connectivity index (χ0n) is 12.2. The van der Waals surface area contributed by atoms with Gasteiger partial charge in [0.15, 0.2) is 11.5 Å². The number of esters is 1. The minimum atomic E-state index is -1.68. The van der Waals surface area contributed by atoms with E-state index in [-0.39, 0.29) is 17.1 Å². The van der Waals surface area contributed by atoms with Gasteiger partial charge in [0.25, 0.3) is 0 Å². The van der Waals surface area contributed by atoms with Gasteiger partial charge in [-0.2, -0.15) is 0 Å². The number of aromatic hydroxyl groups is 1. The molecule has 1 fully saturated rings. The number of aliphatic hydroxyl groups excluding tert-OH is 4. The number of hydrogen-bond acceptors (Lipinski definition) is 9. The number of phenols is 1. The van der Waals surface area contributed by atoms with Crippen LogP contribution in [0.3, 0.4) is 0 Å². The van der Waals surface area contributed by atoms with Crippen LogP contribution in [-0.2, 0) is 9.47 Å². The van der Waals surface area contributed by atoms with E-state index in [1.807, 2.05) is 0 Å². The number of phenolic OH excluding ortho intramolecular Hbond substituents is 1. The third-order valence-corrected chi connectivity index (χ3v) is 3.49. The molecule has 0 spiro atoms. The summed E-state index contributed by atoms with van der Waals surface area (Å²) in [4.78, 5) is 12.1. The Labute approximate surface area is 131 Å². The van der Waals surface area contributed by atoms with Gasteiger partial charge >= 0.3 is 5.97 Å². The van der Waals surface area contributed by atoms with Crippen LogP contribution in [0.1, 0.15) is 10.4 Å². The molecule has 1 aliphatic heterocycles. The van der Waals surface area contributed by atoms with Gasteiger partial charge in [-0.15, -0.1) is 0 Å². The maximum Gasteiger partial charge on any atom is 0.340 e. The van der Waals surface area contributed by atoms with Gasteiger partial charge in [-0.3, -0.25) is 0 Å². The smallest absolute Gasteiger partial charge is 0.340 e. The van der Waals surface area contributed by atoms with Gasteiger partial charge in [0.1, 0.15) is 24.4 Å². The van der Waals surface area contributed by atoms with Crippen molar-refractivity contribution in [2.75, 3.05) is 13.7 Å². The van der Waals surface area contributed by atoms with Crippen LogP contribution in [0.5, 0.6) is 11.5 Å². The fourth-order valence-corrected chi connectivity index (χ4v) is 2.14. The van der Waals surface area contributed by atoms with E-state index in [1.165, 1.54) is 25.3 Å². The maximum atomic E-state index is 12.1. The number of ether oxygens (including phenoxy) is 3. The second kappa shape index (κ2) is 7.11. The third kappa shape index (κ3) is 3.54. The molecule has 9 nitrogen and oxygen atoms in total. The van der Waals surface area contributed by atoms with Gasteiger partial charge in [-0.05, 0) is 18.2 Å². The summed E-state index contributed by atoms with van der Waals surface area (Å²) >= 11 is 0. The highest BCUT2D eigenvalue weighted by atomic mass is 16.7. The standard InChI is InChI=1S/C14H18O9/c1-21-8-4-6(2-3-7(8)16)13(20)23-14-12(19)11(18)10(17)9(5-15)22-14/h2-4,9-12,14-19H,5H2,1H3/t9-,10-,11+,12-,14+/m0/s1. The molecule has 5 N–H and O–H groups in total. The molecule has 0 amide bonds. The molecular weight excluding hydrogens is 312 g/mol. The first-order valence-corrected chi connectivity index (χ1v) is 6.77. The number of aliphatic hydroxyl groups is 4. The first kappa shape index (κ1) is 17.4. The van der Waals surface area contributed by atoms with E-state index >= 15 is 0 Å². The number of hydrogen-bond donors (Lipinski definition) is 5. The average molecular weight is 330 g/mol. The lowest BCUT2D eigenvalue weighted by atomic mass is 9.99. The minimum Gasteiger partial charge on any atom is -0.504 e. The van der Waals surface area contributed by atoms with Crippen LogP contribution in [0.2, 0.25) is 0 Å². The fraction of sp³-hybridized carbons (Fsp3) is 0.500. The molecule has 128 valence electrons. The van der Waals surface area contributed by atoms with Crippen LogP contribution in [0, 0.1) is 0 Å². The molecular formula is C14H18O9. The number of carbonyl (C=O) groups excluding carboxylic acids is 1. The van der Waals surface area contributed by atoms with Crippen molar-refractivity contribution < 1.29 is 44.5 Å².